The van der Waals surface area contributed by atoms with Gasteiger partial charge in [-0.1, -0.05) is 0 Å². The Morgan fingerprint density at radius 1 is 1.40 bits per heavy atom. The van der Waals surface area contributed by atoms with Crippen molar-refractivity contribution < 1.29 is 14.8 Å². The van der Waals surface area contributed by atoms with Gasteiger partial charge in [0.15, 0.2) is 0 Å². The molecule has 0 fully saturated rings. The topological polar surface area (TPSA) is 95.7 Å². The molecule has 7 heteroatoms. The number of carboxylic acids is 1. The van der Waals surface area contributed by atoms with Crippen LogP contribution in [0.5, 0.6) is 0 Å². The largest absolute Gasteiger partial charge is 0.478 e. The Morgan fingerprint density at radius 3 is 2.65 bits per heavy atom. The fourth-order valence-corrected chi connectivity index (χ4v) is 1.74. The van der Waals surface area contributed by atoms with Crippen LogP contribution in [0.25, 0.3) is 0 Å². The minimum Gasteiger partial charge on any atom is -0.478 e. The van der Waals surface area contributed by atoms with E-state index in [0.29, 0.717) is 12.2 Å². The molecular weight excluding hydrogens is 262 g/mol. The quantitative estimate of drug-likeness (QED) is 0.430. The normalized spacial score (nSPS) is 10.6. The van der Waals surface area contributed by atoms with E-state index in [4.69, 9.17) is 5.11 Å². The first-order valence-corrected chi connectivity index (χ1v) is 6.32. The number of anilines is 1. The highest BCUT2D eigenvalue weighted by atomic mass is 16.6. The van der Waals surface area contributed by atoms with Crippen LogP contribution in [0.15, 0.2) is 18.2 Å². The molecule has 2 N–H and O–H groups in total. The van der Waals surface area contributed by atoms with Crippen molar-refractivity contribution >= 4 is 17.3 Å². The highest BCUT2D eigenvalue weighted by molar-refractivity contribution is 5.89. The van der Waals surface area contributed by atoms with Crippen LogP contribution in [0.3, 0.4) is 0 Å². The van der Waals surface area contributed by atoms with Gasteiger partial charge in [0.05, 0.1) is 10.5 Å². The Balaban J connectivity index is 2.65. The van der Waals surface area contributed by atoms with Crippen molar-refractivity contribution in [3.05, 3.63) is 33.9 Å². The van der Waals surface area contributed by atoms with Gasteiger partial charge in [-0.3, -0.25) is 10.1 Å². The highest BCUT2D eigenvalue weighted by Crippen LogP contribution is 2.25. The van der Waals surface area contributed by atoms with Gasteiger partial charge in [-0.05, 0) is 45.6 Å². The fourth-order valence-electron chi connectivity index (χ4n) is 1.74. The van der Waals surface area contributed by atoms with Gasteiger partial charge in [-0.2, -0.15) is 0 Å². The average molecular weight is 281 g/mol. The Labute approximate surface area is 117 Å². The van der Waals surface area contributed by atoms with Gasteiger partial charge >= 0.3 is 5.97 Å². The van der Waals surface area contributed by atoms with E-state index in [1.807, 2.05) is 14.1 Å². The number of rotatable bonds is 8. The third-order valence-electron chi connectivity index (χ3n) is 2.79. The molecule has 110 valence electrons. The standard InChI is InChI=1S/C13H19N3O4/c1-15(2)8-4-3-7-14-11-6-5-10(13(17)18)9-12(11)16(19)20/h5-6,9,14H,3-4,7-8H2,1-2H3,(H,17,18). The average Bonchev–Trinajstić information content (AvgIpc) is 2.37. The number of aromatic carboxylic acids is 1. The molecule has 7 nitrogen and oxygen atoms in total. The summed E-state index contributed by atoms with van der Waals surface area (Å²) in [5.41, 5.74) is 0.0530. The predicted octanol–water partition coefficient (Wildman–Crippen LogP) is 2.05. The van der Waals surface area contributed by atoms with Crippen LogP contribution >= 0.6 is 0 Å². The summed E-state index contributed by atoms with van der Waals surface area (Å²) < 4.78 is 0. The summed E-state index contributed by atoms with van der Waals surface area (Å²) in [6.45, 7) is 1.57. The van der Waals surface area contributed by atoms with E-state index in [1.54, 1.807) is 0 Å². The molecule has 0 saturated heterocycles. The molecule has 1 aromatic rings. The smallest absolute Gasteiger partial charge is 0.335 e. The highest BCUT2D eigenvalue weighted by Gasteiger charge is 2.16. The Bertz CT molecular complexity index is 489. The number of nitrogens with one attached hydrogen (secondary N) is 1. The first-order chi connectivity index (χ1) is 9.41. The number of hydrogen-bond donors (Lipinski definition) is 2. The van der Waals surface area contributed by atoms with Gasteiger partial charge in [0.25, 0.3) is 5.69 Å². The minimum atomic E-state index is -1.18. The molecule has 20 heavy (non-hydrogen) atoms. The SMILES string of the molecule is CN(C)CCCCNc1ccc(C(=O)O)cc1[N+](=O)[O-]. The maximum atomic E-state index is 10.9. The van der Waals surface area contributed by atoms with Gasteiger partial charge in [-0.25, -0.2) is 4.79 Å². The fraction of sp³-hybridized carbons (Fsp3) is 0.462. The third-order valence-corrected chi connectivity index (χ3v) is 2.79. The van der Waals surface area contributed by atoms with E-state index < -0.39 is 10.9 Å². The van der Waals surface area contributed by atoms with Crippen LogP contribution in [0.1, 0.15) is 23.2 Å². The van der Waals surface area contributed by atoms with Crippen molar-refractivity contribution in [2.24, 2.45) is 0 Å². The number of carbonyl (C=O) groups is 1. The zero-order chi connectivity index (χ0) is 15.1. The zero-order valence-corrected chi connectivity index (χ0v) is 11.6. The van der Waals surface area contributed by atoms with Crippen molar-refractivity contribution in [3.63, 3.8) is 0 Å². The molecule has 0 heterocycles. The van der Waals surface area contributed by atoms with Crippen molar-refractivity contribution in [1.82, 2.24) is 4.90 Å². The van der Waals surface area contributed by atoms with Gasteiger partial charge in [0.1, 0.15) is 5.69 Å². The Hall–Kier alpha value is -2.15. The lowest BCUT2D eigenvalue weighted by Crippen LogP contribution is -2.14. The second-order valence-electron chi connectivity index (χ2n) is 4.73. The first kappa shape index (κ1) is 15.9. The summed E-state index contributed by atoms with van der Waals surface area (Å²) in [6, 6.07) is 3.87. The molecule has 0 saturated carbocycles. The Morgan fingerprint density at radius 2 is 2.10 bits per heavy atom. The number of unbranched alkanes of at least 4 members (excludes halogenated alkanes) is 1. The molecule has 0 aliphatic rings. The van der Waals surface area contributed by atoms with Crippen LogP contribution in [0.4, 0.5) is 11.4 Å². The van der Waals surface area contributed by atoms with Crippen LogP contribution in [0, 0.1) is 10.1 Å². The monoisotopic (exact) mass is 281 g/mol. The number of nitro groups is 1. The summed E-state index contributed by atoms with van der Waals surface area (Å²) in [6.07, 6.45) is 1.87. The maximum absolute atomic E-state index is 10.9. The molecule has 0 aromatic heterocycles. The number of nitro benzene ring substituents is 1. The second-order valence-corrected chi connectivity index (χ2v) is 4.73. The van der Waals surface area contributed by atoms with Crippen LogP contribution in [0.2, 0.25) is 0 Å². The van der Waals surface area contributed by atoms with Crippen molar-refractivity contribution in [1.29, 1.82) is 0 Å². The van der Waals surface area contributed by atoms with Crippen molar-refractivity contribution in [3.8, 4) is 0 Å². The molecular formula is C13H19N3O4. The maximum Gasteiger partial charge on any atom is 0.335 e. The number of benzene rings is 1. The summed E-state index contributed by atoms with van der Waals surface area (Å²) in [5.74, 6) is -1.18. The van der Waals surface area contributed by atoms with E-state index in [-0.39, 0.29) is 11.3 Å². The molecule has 0 bridgehead atoms. The molecule has 0 spiro atoms. The number of carboxylic acid groups (broad SMARTS) is 1. The van der Waals surface area contributed by atoms with Gasteiger partial charge in [0, 0.05) is 12.6 Å². The van der Waals surface area contributed by atoms with E-state index >= 15 is 0 Å². The van der Waals surface area contributed by atoms with Crippen LogP contribution in [-0.2, 0) is 0 Å². The summed E-state index contributed by atoms with van der Waals surface area (Å²) in [4.78, 5) is 23.2. The third kappa shape index (κ3) is 4.85. The van der Waals surface area contributed by atoms with Crippen molar-refractivity contribution in [2.75, 3.05) is 32.5 Å². The molecule has 1 aromatic carbocycles. The second kappa shape index (κ2) is 7.44. The molecule has 0 amide bonds. The number of nitrogens with zero attached hydrogens (tertiary/aromatic N) is 2. The molecule has 0 unspecified atom stereocenters. The van der Waals surface area contributed by atoms with Gasteiger partial charge in [0.2, 0.25) is 0 Å². The van der Waals surface area contributed by atoms with E-state index in [2.05, 4.69) is 10.2 Å². The number of hydrogen-bond acceptors (Lipinski definition) is 5. The molecule has 1 rings (SSSR count). The molecule has 0 radical (unpaired) electrons. The van der Waals surface area contributed by atoms with Crippen LogP contribution < -0.4 is 5.32 Å². The van der Waals surface area contributed by atoms with E-state index in [1.165, 1.54) is 12.1 Å². The summed E-state index contributed by atoms with van der Waals surface area (Å²) >= 11 is 0. The lowest BCUT2D eigenvalue weighted by atomic mass is 10.1. The predicted molar refractivity (Wildman–Crippen MR) is 76.3 cm³/mol. The Kier molecular flexibility index (Phi) is 5.92. The molecule has 0 aliphatic heterocycles. The molecule has 0 atom stereocenters. The van der Waals surface area contributed by atoms with E-state index in [0.717, 1.165) is 25.5 Å². The summed E-state index contributed by atoms with van der Waals surface area (Å²) in [5, 5.41) is 22.8. The van der Waals surface area contributed by atoms with Gasteiger partial charge < -0.3 is 15.3 Å². The minimum absolute atomic E-state index is 0.0881. The summed E-state index contributed by atoms with van der Waals surface area (Å²) in [7, 11) is 3.98. The molecule has 0 aliphatic carbocycles. The lowest BCUT2D eigenvalue weighted by Gasteiger charge is -2.10. The first-order valence-electron chi connectivity index (χ1n) is 6.32. The van der Waals surface area contributed by atoms with Gasteiger partial charge in [-0.15, -0.1) is 0 Å². The van der Waals surface area contributed by atoms with E-state index in [9.17, 15) is 14.9 Å². The lowest BCUT2D eigenvalue weighted by molar-refractivity contribution is -0.384. The zero-order valence-electron chi connectivity index (χ0n) is 11.6. The van der Waals surface area contributed by atoms with Crippen LogP contribution in [-0.4, -0.2) is 48.1 Å². The van der Waals surface area contributed by atoms with Crippen molar-refractivity contribution in [2.45, 2.75) is 12.8 Å².